The van der Waals surface area contributed by atoms with Crippen molar-refractivity contribution in [2.24, 2.45) is 5.92 Å². The average Bonchev–Trinajstić information content (AvgIpc) is 3.16. The van der Waals surface area contributed by atoms with Gasteiger partial charge >= 0.3 is 12.0 Å². The summed E-state index contributed by atoms with van der Waals surface area (Å²) in [6.07, 6.45) is 0.454. The first-order valence-corrected chi connectivity index (χ1v) is 7.72. The predicted molar refractivity (Wildman–Crippen MR) is 83.8 cm³/mol. The Morgan fingerprint density at radius 3 is 2.70 bits per heavy atom. The summed E-state index contributed by atoms with van der Waals surface area (Å²) in [6, 6.07) is 4.52. The van der Waals surface area contributed by atoms with Crippen LogP contribution in [0.1, 0.15) is 16.8 Å². The smallest absolute Gasteiger partial charge is 0.322 e. The van der Waals surface area contributed by atoms with Crippen LogP contribution in [-0.2, 0) is 4.79 Å². The van der Waals surface area contributed by atoms with E-state index in [9.17, 15) is 14.4 Å². The molecule has 0 bridgehead atoms. The molecule has 0 aliphatic carbocycles. The van der Waals surface area contributed by atoms with E-state index in [4.69, 9.17) is 16.7 Å². The Balaban J connectivity index is 1.82. The van der Waals surface area contributed by atoms with Gasteiger partial charge in [0, 0.05) is 31.7 Å². The number of anilines is 1. The number of amides is 3. The number of hydrogen-bond acceptors (Lipinski definition) is 3. The lowest BCUT2D eigenvalue weighted by molar-refractivity contribution is -0.141. The lowest BCUT2D eigenvalue weighted by Gasteiger charge is -2.19. The second-order valence-corrected chi connectivity index (χ2v) is 6.03. The van der Waals surface area contributed by atoms with E-state index < -0.39 is 11.9 Å². The highest BCUT2D eigenvalue weighted by atomic mass is 35.5. The fourth-order valence-corrected chi connectivity index (χ4v) is 3.10. The number of carbonyl (C=O) groups is 3. The van der Waals surface area contributed by atoms with E-state index in [0.717, 1.165) is 0 Å². The summed E-state index contributed by atoms with van der Waals surface area (Å²) < 4.78 is 0. The van der Waals surface area contributed by atoms with Crippen LogP contribution in [-0.4, -0.2) is 54.1 Å². The molecule has 0 spiro atoms. The first-order valence-electron chi connectivity index (χ1n) is 7.34. The predicted octanol–water partition coefficient (Wildman–Crippen LogP) is 1.42. The Hall–Kier alpha value is -2.28. The summed E-state index contributed by atoms with van der Waals surface area (Å²) in [6.45, 7) is 1.63. The minimum atomic E-state index is -0.883. The van der Waals surface area contributed by atoms with E-state index in [1.807, 2.05) is 0 Å². The highest BCUT2D eigenvalue weighted by molar-refractivity contribution is 6.34. The first kappa shape index (κ1) is 15.6. The van der Waals surface area contributed by atoms with Crippen molar-refractivity contribution >= 4 is 35.2 Å². The van der Waals surface area contributed by atoms with E-state index in [1.54, 1.807) is 18.2 Å². The third-order valence-corrected chi connectivity index (χ3v) is 4.48. The normalized spacial score (nSPS) is 20.7. The highest BCUT2D eigenvalue weighted by Gasteiger charge is 2.32. The van der Waals surface area contributed by atoms with E-state index in [2.05, 4.69) is 5.32 Å². The summed E-state index contributed by atoms with van der Waals surface area (Å²) in [5.41, 5.74) is 0.886. The van der Waals surface area contributed by atoms with Crippen LogP contribution in [0, 0.1) is 5.92 Å². The average molecular weight is 338 g/mol. The standard InChI is InChI=1S/C15H16ClN3O4/c16-11-2-1-9(7-12(11)19-6-4-17-15(19)23)13(20)18-5-3-10(8-18)14(21)22/h1-2,7,10H,3-6,8H2,(H,17,23)(H,21,22). The van der Waals surface area contributed by atoms with Crippen LogP contribution in [0.3, 0.4) is 0 Å². The van der Waals surface area contributed by atoms with Gasteiger partial charge in [-0.2, -0.15) is 0 Å². The Morgan fingerprint density at radius 2 is 2.09 bits per heavy atom. The molecule has 23 heavy (non-hydrogen) atoms. The van der Waals surface area contributed by atoms with Crippen LogP contribution in [0.5, 0.6) is 0 Å². The van der Waals surface area contributed by atoms with Crippen molar-refractivity contribution in [1.29, 1.82) is 0 Å². The van der Waals surface area contributed by atoms with Gasteiger partial charge in [-0.05, 0) is 24.6 Å². The van der Waals surface area contributed by atoms with Gasteiger partial charge in [0.2, 0.25) is 0 Å². The second kappa shape index (κ2) is 6.08. The summed E-state index contributed by atoms with van der Waals surface area (Å²) in [4.78, 5) is 38.3. The second-order valence-electron chi connectivity index (χ2n) is 5.62. The molecule has 0 radical (unpaired) electrons. The zero-order valence-corrected chi connectivity index (χ0v) is 13.0. The summed E-state index contributed by atoms with van der Waals surface area (Å²) in [5, 5.41) is 12.1. The number of aliphatic carboxylic acids is 1. The zero-order chi connectivity index (χ0) is 16.6. The number of nitrogens with one attached hydrogen (secondary N) is 1. The molecule has 0 aromatic heterocycles. The number of carboxylic acid groups (broad SMARTS) is 1. The molecule has 2 aliphatic heterocycles. The maximum absolute atomic E-state index is 12.5. The van der Waals surface area contributed by atoms with E-state index in [-0.39, 0.29) is 18.5 Å². The summed E-state index contributed by atoms with van der Waals surface area (Å²) >= 11 is 6.15. The van der Waals surface area contributed by atoms with Crippen molar-refractivity contribution in [3.8, 4) is 0 Å². The van der Waals surface area contributed by atoms with Gasteiger partial charge in [0.25, 0.3) is 5.91 Å². The number of carbonyl (C=O) groups excluding carboxylic acids is 2. The van der Waals surface area contributed by atoms with Crippen LogP contribution in [0.4, 0.5) is 10.5 Å². The molecule has 8 heteroatoms. The number of urea groups is 1. The van der Waals surface area contributed by atoms with Crippen molar-refractivity contribution < 1.29 is 19.5 Å². The van der Waals surface area contributed by atoms with Gasteiger partial charge in [-0.3, -0.25) is 14.5 Å². The number of likely N-dealkylation sites (tertiary alicyclic amines) is 1. The molecular formula is C15H16ClN3O4. The Kier molecular flexibility index (Phi) is 4.12. The molecule has 7 nitrogen and oxygen atoms in total. The molecule has 3 amide bonds. The molecule has 2 heterocycles. The highest BCUT2D eigenvalue weighted by Crippen LogP contribution is 2.29. The van der Waals surface area contributed by atoms with Gasteiger partial charge in [-0.15, -0.1) is 0 Å². The molecular weight excluding hydrogens is 322 g/mol. The minimum absolute atomic E-state index is 0.205. The zero-order valence-electron chi connectivity index (χ0n) is 12.3. The van der Waals surface area contributed by atoms with Crippen molar-refractivity contribution in [1.82, 2.24) is 10.2 Å². The topological polar surface area (TPSA) is 89.9 Å². The number of benzene rings is 1. The maximum atomic E-state index is 12.5. The largest absolute Gasteiger partial charge is 0.481 e. The molecule has 2 fully saturated rings. The number of hydrogen-bond donors (Lipinski definition) is 2. The van der Waals surface area contributed by atoms with Crippen LogP contribution in [0.2, 0.25) is 5.02 Å². The van der Waals surface area contributed by atoms with E-state index in [1.165, 1.54) is 9.80 Å². The van der Waals surface area contributed by atoms with Gasteiger partial charge in [-0.25, -0.2) is 4.79 Å². The molecule has 1 unspecified atom stereocenters. The molecule has 1 atom stereocenters. The van der Waals surface area contributed by atoms with Gasteiger partial charge < -0.3 is 15.3 Å². The Morgan fingerprint density at radius 1 is 1.30 bits per heavy atom. The molecule has 2 saturated heterocycles. The monoisotopic (exact) mass is 337 g/mol. The van der Waals surface area contributed by atoms with Crippen LogP contribution < -0.4 is 10.2 Å². The van der Waals surface area contributed by atoms with Gasteiger partial charge in [-0.1, -0.05) is 11.6 Å². The molecule has 1 aromatic rings. The number of rotatable bonds is 3. The lowest BCUT2D eigenvalue weighted by Crippen LogP contribution is -2.31. The Labute approximate surface area is 137 Å². The summed E-state index contributed by atoms with van der Waals surface area (Å²) in [7, 11) is 0. The minimum Gasteiger partial charge on any atom is -0.481 e. The molecule has 3 rings (SSSR count). The van der Waals surface area contributed by atoms with Gasteiger partial charge in [0.15, 0.2) is 0 Å². The molecule has 2 N–H and O–H groups in total. The lowest BCUT2D eigenvalue weighted by atomic mass is 10.1. The van der Waals surface area contributed by atoms with Crippen LogP contribution in [0.25, 0.3) is 0 Å². The fraction of sp³-hybridized carbons (Fsp3) is 0.400. The molecule has 2 aliphatic rings. The third-order valence-electron chi connectivity index (χ3n) is 4.17. The molecule has 1 aromatic carbocycles. The first-order chi connectivity index (χ1) is 11.0. The fourth-order valence-electron chi connectivity index (χ4n) is 2.88. The van der Waals surface area contributed by atoms with Crippen LogP contribution in [0.15, 0.2) is 18.2 Å². The van der Waals surface area contributed by atoms with E-state index in [0.29, 0.717) is 42.3 Å². The van der Waals surface area contributed by atoms with Crippen molar-refractivity contribution in [2.75, 3.05) is 31.1 Å². The maximum Gasteiger partial charge on any atom is 0.322 e. The van der Waals surface area contributed by atoms with E-state index >= 15 is 0 Å². The molecule has 122 valence electrons. The number of carboxylic acids is 1. The van der Waals surface area contributed by atoms with Crippen LogP contribution >= 0.6 is 11.6 Å². The van der Waals surface area contributed by atoms with Crippen molar-refractivity contribution in [3.05, 3.63) is 28.8 Å². The molecule has 0 saturated carbocycles. The third kappa shape index (κ3) is 2.96. The number of nitrogens with zero attached hydrogens (tertiary/aromatic N) is 2. The van der Waals surface area contributed by atoms with Gasteiger partial charge in [0.05, 0.1) is 16.6 Å². The van der Waals surface area contributed by atoms with Gasteiger partial charge in [0.1, 0.15) is 0 Å². The quantitative estimate of drug-likeness (QED) is 0.872. The van der Waals surface area contributed by atoms with Crippen molar-refractivity contribution in [2.45, 2.75) is 6.42 Å². The SMILES string of the molecule is O=C(O)C1CCN(C(=O)c2ccc(Cl)c(N3CCNC3=O)c2)C1. The Bertz CT molecular complexity index is 679. The van der Waals surface area contributed by atoms with Crippen molar-refractivity contribution in [3.63, 3.8) is 0 Å². The number of halogens is 1. The summed E-state index contributed by atoms with van der Waals surface area (Å²) in [5.74, 6) is -1.65.